The second-order valence-corrected chi connectivity index (χ2v) is 6.92. The Morgan fingerprint density at radius 2 is 1.97 bits per heavy atom. The van der Waals surface area contributed by atoms with Gasteiger partial charge in [-0.15, -0.1) is 0 Å². The molecular weight excluding hydrogens is 394 g/mol. The monoisotopic (exact) mass is 423 g/mol. The summed E-state index contributed by atoms with van der Waals surface area (Å²) in [6.45, 7) is 7.95. The minimum Gasteiger partial charge on any atom is -0.459 e. The van der Waals surface area contributed by atoms with Gasteiger partial charge in [-0.3, -0.25) is 4.79 Å². The minimum atomic E-state index is -0.284. The molecule has 3 rings (SSSR count). The molecule has 0 bridgehead atoms. The van der Waals surface area contributed by atoms with Crippen LogP contribution in [-0.4, -0.2) is 23.6 Å². The molecule has 0 radical (unpaired) electrons. The second-order valence-electron chi connectivity index (χ2n) is 6.92. The Labute approximate surface area is 182 Å². The Kier molecular flexibility index (Phi) is 7.86. The summed E-state index contributed by atoms with van der Waals surface area (Å²) in [6.07, 6.45) is 3.10. The third kappa shape index (κ3) is 5.97. The lowest BCUT2D eigenvalue weighted by molar-refractivity contribution is 0.0996. The van der Waals surface area contributed by atoms with E-state index < -0.39 is 0 Å². The van der Waals surface area contributed by atoms with E-state index in [1.54, 1.807) is 12.1 Å². The lowest BCUT2D eigenvalue weighted by Crippen LogP contribution is -2.37. The quantitative estimate of drug-likeness (QED) is 0.356. The van der Waals surface area contributed by atoms with Crippen molar-refractivity contribution in [2.75, 3.05) is 11.9 Å². The largest absolute Gasteiger partial charge is 0.459 e. The van der Waals surface area contributed by atoms with Crippen molar-refractivity contribution in [3.05, 3.63) is 71.0 Å². The highest BCUT2D eigenvalue weighted by atomic mass is 16.5. The van der Waals surface area contributed by atoms with Gasteiger partial charge in [0.1, 0.15) is 5.76 Å². The summed E-state index contributed by atoms with van der Waals surface area (Å²) in [6, 6.07) is 10.9. The number of hydrogen-bond acceptors (Lipinski definition) is 5. The zero-order chi connectivity index (χ0) is 22.1. The number of aryl methyl sites for hydroxylation is 2. The average molecular weight is 424 g/mol. The number of carbonyl (C=O) groups excluding carboxylic acids is 1. The SMILES string of the molecule is CCNC(=NCc1cccc(NC(=O)c2ccco2)c1)NCc1c(CC)noc1CC. The molecule has 31 heavy (non-hydrogen) atoms. The third-order valence-corrected chi connectivity index (χ3v) is 4.73. The van der Waals surface area contributed by atoms with E-state index in [0.29, 0.717) is 24.7 Å². The molecule has 0 aliphatic heterocycles. The van der Waals surface area contributed by atoms with Crippen molar-refractivity contribution in [2.45, 2.75) is 46.7 Å². The van der Waals surface area contributed by atoms with Gasteiger partial charge in [-0.25, -0.2) is 4.99 Å². The topological polar surface area (TPSA) is 105 Å². The van der Waals surface area contributed by atoms with E-state index >= 15 is 0 Å². The molecule has 8 nitrogen and oxygen atoms in total. The van der Waals surface area contributed by atoms with Crippen LogP contribution in [-0.2, 0) is 25.9 Å². The van der Waals surface area contributed by atoms with Crippen molar-refractivity contribution in [1.29, 1.82) is 0 Å². The molecule has 0 unspecified atom stereocenters. The van der Waals surface area contributed by atoms with Gasteiger partial charge in [0.2, 0.25) is 0 Å². The van der Waals surface area contributed by atoms with Crippen molar-refractivity contribution in [2.24, 2.45) is 4.99 Å². The molecule has 1 aromatic carbocycles. The molecule has 0 fully saturated rings. The predicted octanol–water partition coefficient (Wildman–Crippen LogP) is 3.90. The number of nitrogens with one attached hydrogen (secondary N) is 3. The van der Waals surface area contributed by atoms with Crippen molar-refractivity contribution >= 4 is 17.6 Å². The number of anilines is 1. The van der Waals surface area contributed by atoms with Crippen LogP contribution in [0.1, 0.15) is 53.9 Å². The number of rotatable bonds is 9. The van der Waals surface area contributed by atoms with Crippen LogP contribution in [0.4, 0.5) is 5.69 Å². The summed E-state index contributed by atoms with van der Waals surface area (Å²) in [5.41, 5.74) is 3.73. The van der Waals surface area contributed by atoms with Crippen molar-refractivity contribution in [1.82, 2.24) is 15.8 Å². The van der Waals surface area contributed by atoms with E-state index in [2.05, 4.69) is 39.9 Å². The minimum absolute atomic E-state index is 0.272. The normalized spacial score (nSPS) is 11.4. The maximum Gasteiger partial charge on any atom is 0.291 e. The summed E-state index contributed by atoms with van der Waals surface area (Å²) in [5, 5.41) is 13.6. The maximum absolute atomic E-state index is 12.2. The Morgan fingerprint density at radius 1 is 1.10 bits per heavy atom. The Morgan fingerprint density at radius 3 is 2.68 bits per heavy atom. The number of hydrogen-bond donors (Lipinski definition) is 3. The third-order valence-electron chi connectivity index (χ3n) is 4.73. The molecule has 1 amide bonds. The number of amides is 1. The van der Waals surface area contributed by atoms with Gasteiger partial charge in [0.25, 0.3) is 5.91 Å². The molecular formula is C23H29N5O3. The van der Waals surface area contributed by atoms with E-state index in [4.69, 9.17) is 8.94 Å². The lowest BCUT2D eigenvalue weighted by Gasteiger charge is -2.12. The van der Waals surface area contributed by atoms with Crippen LogP contribution >= 0.6 is 0 Å². The molecule has 3 aromatic rings. The van der Waals surface area contributed by atoms with Crippen LogP contribution in [0.3, 0.4) is 0 Å². The van der Waals surface area contributed by atoms with Gasteiger partial charge in [-0.2, -0.15) is 0 Å². The van der Waals surface area contributed by atoms with Crippen molar-refractivity contribution in [3.8, 4) is 0 Å². The van der Waals surface area contributed by atoms with Crippen molar-refractivity contribution in [3.63, 3.8) is 0 Å². The highest BCUT2D eigenvalue weighted by Crippen LogP contribution is 2.16. The van der Waals surface area contributed by atoms with Gasteiger partial charge < -0.3 is 24.9 Å². The van der Waals surface area contributed by atoms with E-state index in [1.807, 2.05) is 31.2 Å². The number of benzene rings is 1. The fraction of sp³-hybridized carbons (Fsp3) is 0.348. The van der Waals surface area contributed by atoms with Gasteiger partial charge in [-0.05, 0) is 43.2 Å². The van der Waals surface area contributed by atoms with E-state index in [1.165, 1.54) is 6.26 Å². The first-order valence-corrected chi connectivity index (χ1v) is 10.6. The van der Waals surface area contributed by atoms with E-state index in [-0.39, 0.29) is 11.7 Å². The number of aliphatic imine (C=N–C) groups is 1. The molecule has 0 saturated carbocycles. The smallest absolute Gasteiger partial charge is 0.291 e. The standard InChI is InChI=1S/C23H29N5O3/c1-4-19-18(20(5-2)31-28-19)15-26-23(24-6-3)25-14-16-9-7-10-17(13-16)27-22(29)21-11-8-12-30-21/h7-13H,4-6,14-15H2,1-3H3,(H,27,29)(H2,24,25,26). The van der Waals surface area contributed by atoms with Gasteiger partial charge in [0, 0.05) is 30.8 Å². The molecule has 0 aliphatic carbocycles. The number of guanidine groups is 1. The summed E-state index contributed by atoms with van der Waals surface area (Å²) in [5.74, 6) is 1.60. The Hall–Kier alpha value is -3.55. The second kappa shape index (κ2) is 11.0. The van der Waals surface area contributed by atoms with Crippen molar-refractivity contribution < 1.29 is 13.7 Å². The number of aromatic nitrogens is 1. The average Bonchev–Trinajstić information content (AvgIpc) is 3.45. The lowest BCUT2D eigenvalue weighted by atomic mass is 10.1. The predicted molar refractivity (Wildman–Crippen MR) is 120 cm³/mol. The van der Waals surface area contributed by atoms with Crippen LogP contribution in [0, 0.1) is 0 Å². The zero-order valence-corrected chi connectivity index (χ0v) is 18.2. The molecule has 0 saturated heterocycles. The Balaban J connectivity index is 1.65. The fourth-order valence-electron chi connectivity index (χ4n) is 3.17. The van der Waals surface area contributed by atoms with Gasteiger partial charge in [0.05, 0.1) is 18.5 Å². The maximum atomic E-state index is 12.2. The van der Waals surface area contributed by atoms with E-state index in [9.17, 15) is 4.79 Å². The van der Waals surface area contributed by atoms with Crippen LogP contribution in [0.15, 0.2) is 56.6 Å². The number of furan rings is 1. The number of nitrogens with zero attached hydrogens (tertiary/aromatic N) is 2. The number of carbonyl (C=O) groups is 1. The molecule has 0 atom stereocenters. The molecule has 2 aromatic heterocycles. The summed E-state index contributed by atoms with van der Waals surface area (Å²) >= 11 is 0. The molecule has 164 valence electrons. The molecule has 2 heterocycles. The van der Waals surface area contributed by atoms with Gasteiger partial charge in [0.15, 0.2) is 11.7 Å². The van der Waals surface area contributed by atoms with Crippen LogP contribution in [0.5, 0.6) is 0 Å². The molecule has 3 N–H and O–H groups in total. The first-order valence-electron chi connectivity index (χ1n) is 10.6. The molecule has 0 spiro atoms. The highest BCUT2D eigenvalue weighted by molar-refractivity contribution is 6.02. The van der Waals surface area contributed by atoms with Crippen LogP contribution < -0.4 is 16.0 Å². The first kappa shape index (κ1) is 22.1. The van der Waals surface area contributed by atoms with Crippen LogP contribution in [0.2, 0.25) is 0 Å². The molecule has 0 aliphatic rings. The molecule has 8 heteroatoms. The summed E-state index contributed by atoms with van der Waals surface area (Å²) in [7, 11) is 0. The summed E-state index contributed by atoms with van der Waals surface area (Å²) < 4.78 is 10.6. The van der Waals surface area contributed by atoms with Gasteiger partial charge in [-0.1, -0.05) is 31.1 Å². The van der Waals surface area contributed by atoms with Crippen LogP contribution in [0.25, 0.3) is 0 Å². The highest BCUT2D eigenvalue weighted by Gasteiger charge is 2.13. The summed E-state index contributed by atoms with van der Waals surface area (Å²) in [4.78, 5) is 16.9. The first-order chi connectivity index (χ1) is 15.1. The fourth-order valence-corrected chi connectivity index (χ4v) is 3.17. The Bertz CT molecular complexity index is 987. The van der Waals surface area contributed by atoms with E-state index in [0.717, 1.165) is 42.0 Å². The zero-order valence-electron chi connectivity index (χ0n) is 18.2. The van der Waals surface area contributed by atoms with Gasteiger partial charge >= 0.3 is 0 Å².